The van der Waals surface area contributed by atoms with Gasteiger partial charge in [-0.15, -0.1) is 0 Å². The van der Waals surface area contributed by atoms with E-state index in [9.17, 15) is 13.2 Å². The van der Waals surface area contributed by atoms with Crippen LogP contribution in [-0.4, -0.2) is 57.1 Å². The number of hydrazine groups is 1. The third-order valence-electron chi connectivity index (χ3n) is 4.71. The number of ether oxygens (including phenoxy) is 2. The Morgan fingerprint density at radius 2 is 1.84 bits per heavy atom. The Hall–Kier alpha value is -2.36. The molecule has 1 heterocycles. The molecule has 0 aromatic heterocycles. The van der Waals surface area contributed by atoms with Crippen LogP contribution in [0.5, 0.6) is 0 Å². The Bertz CT molecular complexity index is 896. The first-order valence-electron chi connectivity index (χ1n) is 10.2. The second-order valence-corrected chi connectivity index (χ2v) is 10.6. The fourth-order valence-corrected chi connectivity index (χ4v) is 3.64. The molecule has 8 nitrogen and oxygen atoms in total. The Labute approximate surface area is 185 Å². The van der Waals surface area contributed by atoms with Gasteiger partial charge in [-0.3, -0.25) is 5.01 Å². The highest BCUT2D eigenvalue weighted by atomic mass is 32.2. The van der Waals surface area contributed by atoms with E-state index in [1.165, 1.54) is 17.1 Å². The number of sulfone groups is 1. The van der Waals surface area contributed by atoms with Crippen molar-refractivity contribution in [3.05, 3.63) is 48.7 Å². The van der Waals surface area contributed by atoms with E-state index in [-0.39, 0.29) is 17.1 Å². The largest absolute Gasteiger partial charge is 0.444 e. The number of rotatable bonds is 7. The summed E-state index contributed by atoms with van der Waals surface area (Å²) < 4.78 is 34.6. The van der Waals surface area contributed by atoms with Crippen molar-refractivity contribution in [2.45, 2.75) is 50.2 Å². The van der Waals surface area contributed by atoms with Gasteiger partial charge in [0.1, 0.15) is 5.60 Å². The molecule has 1 saturated heterocycles. The quantitative estimate of drug-likeness (QED) is 0.386. The molecule has 1 fully saturated rings. The standard InChI is InChI=1S/C22H33N3O5S/c1-6-17(15-25(23)18-7-9-20(10-8-18)31(5,27)28)16-29-19-11-13-24(14-12-19)21(26)30-22(2,3)4/h6-10,15,19H,1,11-14,16,23H2,2-5H3/b17-15+. The summed E-state index contributed by atoms with van der Waals surface area (Å²) in [5.41, 5.74) is 0.912. The number of carbonyl (C=O) groups is 1. The van der Waals surface area contributed by atoms with E-state index >= 15 is 0 Å². The molecule has 0 aliphatic carbocycles. The molecule has 0 spiro atoms. The van der Waals surface area contributed by atoms with Crippen LogP contribution >= 0.6 is 0 Å². The third kappa shape index (κ3) is 8.01. The molecule has 1 aliphatic rings. The number of nitrogens with two attached hydrogens (primary N) is 1. The van der Waals surface area contributed by atoms with E-state index in [1.54, 1.807) is 29.3 Å². The van der Waals surface area contributed by atoms with Gasteiger partial charge in [0, 0.05) is 25.5 Å². The molecule has 1 aliphatic heterocycles. The maximum atomic E-state index is 12.2. The van der Waals surface area contributed by atoms with Crippen LogP contribution in [-0.2, 0) is 19.3 Å². The Balaban J connectivity index is 1.87. The predicted octanol–water partition coefficient (Wildman–Crippen LogP) is 3.26. The van der Waals surface area contributed by atoms with Crippen molar-refractivity contribution < 1.29 is 22.7 Å². The first-order valence-corrected chi connectivity index (χ1v) is 12.0. The lowest BCUT2D eigenvalue weighted by molar-refractivity contribution is -0.00564. The molecule has 1 aromatic rings. The average Bonchev–Trinajstić information content (AvgIpc) is 2.69. The summed E-state index contributed by atoms with van der Waals surface area (Å²) in [6.07, 6.45) is 5.71. The molecular weight excluding hydrogens is 418 g/mol. The zero-order valence-corrected chi connectivity index (χ0v) is 19.5. The highest BCUT2D eigenvalue weighted by molar-refractivity contribution is 7.90. The molecule has 1 amide bonds. The van der Waals surface area contributed by atoms with Crippen LogP contribution in [0.3, 0.4) is 0 Å². The highest BCUT2D eigenvalue weighted by Gasteiger charge is 2.27. The molecule has 0 atom stereocenters. The maximum absolute atomic E-state index is 12.2. The van der Waals surface area contributed by atoms with Gasteiger partial charge in [0.15, 0.2) is 9.84 Å². The van der Waals surface area contributed by atoms with Crippen molar-refractivity contribution in [3.63, 3.8) is 0 Å². The molecule has 2 N–H and O–H groups in total. The van der Waals surface area contributed by atoms with Crippen LogP contribution in [0.25, 0.3) is 0 Å². The number of benzene rings is 1. The molecular formula is C22H33N3O5S. The summed E-state index contributed by atoms with van der Waals surface area (Å²) in [6, 6.07) is 6.31. The van der Waals surface area contributed by atoms with Crippen molar-refractivity contribution in [1.29, 1.82) is 0 Å². The van der Waals surface area contributed by atoms with Gasteiger partial charge in [0.05, 0.1) is 23.3 Å². The molecule has 1 aromatic carbocycles. The first-order chi connectivity index (χ1) is 14.4. The summed E-state index contributed by atoms with van der Waals surface area (Å²) in [5.74, 6) is 6.09. The Morgan fingerprint density at radius 3 is 2.32 bits per heavy atom. The van der Waals surface area contributed by atoms with E-state index in [0.717, 1.165) is 24.7 Å². The summed E-state index contributed by atoms with van der Waals surface area (Å²) in [6.45, 7) is 10.9. The maximum Gasteiger partial charge on any atom is 0.410 e. The lowest BCUT2D eigenvalue weighted by Crippen LogP contribution is -2.43. The minimum Gasteiger partial charge on any atom is -0.444 e. The topological polar surface area (TPSA) is 102 Å². The zero-order valence-electron chi connectivity index (χ0n) is 18.7. The number of nitrogens with zero attached hydrogens (tertiary/aromatic N) is 2. The Kier molecular flexibility index (Phi) is 8.27. The molecule has 0 unspecified atom stereocenters. The SMILES string of the molecule is C=C/C(=C\N(N)c1ccc(S(C)(=O)=O)cc1)COC1CCN(C(=O)OC(C)(C)C)CC1. The van der Waals surface area contributed by atoms with Crippen LogP contribution in [0.1, 0.15) is 33.6 Å². The van der Waals surface area contributed by atoms with Gasteiger partial charge in [-0.25, -0.2) is 19.1 Å². The number of piperidine rings is 1. The number of amides is 1. The first kappa shape index (κ1) is 24.9. The summed E-state index contributed by atoms with van der Waals surface area (Å²) >= 11 is 0. The van der Waals surface area contributed by atoms with Crippen molar-refractivity contribution >= 4 is 21.6 Å². The normalized spacial score (nSPS) is 16.2. The van der Waals surface area contributed by atoms with E-state index in [0.29, 0.717) is 25.4 Å². The second kappa shape index (κ2) is 10.3. The smallest absolute Gasteiger partial charge is 0.410 e. The molecule has 0 bridgehead atoms. The van der Waals surface area contributed by atoms with E-state index in [1.807, 2.05) is 20.8 Å². The molecule has 0 saturated carbocycles. The van der Waals surface area contributed by atoms with Crippen LogP contribution in [0.15, 0.2) is 53.6 Å². The minimum atomic E-state index is -3.26. The molecule has 0 radical (unpaired) electrons. The summed E-state index contributed by atoms with van der Waals surface area (Å²) in [5, 5.41) is 1.40. The number of likely N-dealkylation sites (tertiary alicyclic amines) is 1. The van der Waals surface area contributed by atoms with Gasteiger partial charge in [-0.1, -0.05) is 12.7 Å². The van der Waals surface area contributed by atoms with Gasteiger partial charge < -0.3 is 14.4 Å². The Morgan fingerprint density at radius 1 is 1.26 bits per heavy atom. The lowest BCUT2D eigenvalue weighted by atomic mass is 10.1. The van der Waals surface area contributed by atoms with Gasteiger partial charge >= 0.3 is 6.09 Å². The summed E-state index contributed by atoms with van der Waals surface area (Å²) in [7, 11) is -3.26. The van der Waals surface area contributed by atoms with Gasteiger partial charge in [-0.2, -0.15) is 0 Å². The molecule has 2 rings (SSSR count). The van der Waals surface area contributed by atoms with E-state index < -0.39 is 15.4 Å². The van der Waals surface area contributed by atoms with Gasteiger partial charge in [0.2, 0.25) is 0 Å². The van der Waals surface area contributed by atoms with Gasteiger partial charge in [-0.05, 0) is 63.5 Å². The number of anilines is 1. The third-order valence-corrected chi connectivity index (χ3v) is 5.84. The molecule has 172 valence electrons. The van der Waals surface area contributed by atoms with Crippen molar-refractivity contribution in [2.24, 2.45) is 5.84 Å². The van der Waals surface area contributed by atoms with E-state index in [2.05, 4.69) is 6.58 Å². The van der Waals surface area contributed by atoms with Crippen LogP contribution < -0.4 is 10.9 Å². The number of carbonyl (C=O) groups excluding carboxylic acids is 1. The molecule has 9 heteroatoms. The van der Waals surface area contributed by atoms with Gasteiger partial charge in [0.25, 0.3) is 0 Å². The lowest BCUT2D eigenvalue weighted by Gasteiger charge is -2.33. The van der Waals surface area contributed by atoms with Crippen LogP contribution in [0.4, 0.5) is 10.5 Å². The fourth-order valence-electron chi connectivity index (χ4n) is 3.01. The monoisotopic (exact) mass is 451 g/mol. The van der Waals surface area contributed by atoms with Crippen molar-refractivity contribution in [3.8, 4) is 0 Å². The minimum absolute atomic E-state index is 0.0299. The summed E-state index contributed by atoms with van der Waals surface area (Å²) in [4.78, 5) is 14.1. The zero-order chi connectivity index (χ0) is 23.2. The highest BCUT2D eigenvalue weighted by Crippen LogP contribution is 2.20. The second-order valence-electron chi connectivity index (χ2n) is 8.56. The number of hydrogen-bond donors (Lipinski definition) is 1. The van der Waals surface area contributed by atoms with Crippen LogP contribution in [0.2, 0.25) is 0 Å². The van der Waals surface area contributed by atoms with Crippen LogP contribution in [0, 0.1) is 0 Å². The fraction of sp³-hybridized carbons (Fsp3) is 0.500. The average molecular weight is 452 g/mol. The molecule has 31 heavy (non-hydrogen) atoms. The number of hydrogen-bond acceptors (Lipinski definition) is 7. The van der Waals surface area contributed by atoms with Crippen molar-refractivity contribution in [1.82, 2.24) is 4.90 Å². The van der Waals surface area contributed by atoms with E-state index in [4.69, 9.17) is 15.3 Å². The predicted molar refractivity (Wildman–Crippen MR) is 121 cm³/mol. The van der Waals surface area contributed by atoms with Crippen molar-refractivity contribution in [2.75, 3.05) is 31.0 Å².